The molecule has 0 radical (unpaired) electrons. The number of nitrogens with two attached hydrogens (primary N) is 3. The minimum absolute atomic E-state index is 0.237. The van der Waals surface area contributed by atoms with Crippen LogP contribution in [0.25, 0.3) is 0 Å². The molecule has 0 aromatic carbocycles. The largest absolute Gasteiger partial charge is 0.480 e. The minimum atomic E-state index is -1.40. The molecule has 0 saturated carbocycles. The Morgan fingerprint density at radius 2 is 1.52 bits per heavy atom. The highest BCUT2D eigenvalue weighted by Crippen LogP contribution is 2.05. The molecular weight excluding hydrogens is 428 g/mol. The van der Waals surface area contributed by atoms with Crippen molar-refractivity contribution in [3.8, 4) is 0 Å². The number of carboxylic acids is 1. The number of amides is 4. The molecule has 0 aliphatic rings. The van der Waals surface area contributed by atoms with Gasteiger partial charge in [-0.1, -0.05) is 0 Å². The van der Waals surface area contributed by atoms with Crippen LogP contribution >= 0.6 is 11.8 Å². The lowest BCUT2D eigenvalue weighted by Crippen LogP contribution is -2.57. The Kier molecular flexibility index (Phi) is 14.2. The van der Waals surface area contributed by atoms with Crippen LogP contribution in [0.3, 0.4) is 0 Å². The number of nitrogens with one attached hydrogen (secondary N) is 3. The van der Waals surface area contributed by atoms with E-state index in [0.29, 0.717) is 31.6 Å². The molecule has 0 aliphatic heterocycles. The lowest BCUT2D eigenvalue weighted by Gasteiger charge is -2.24. The molecule has 0 aromatic heterocycles. The lowest BCUT2D eigenvalue weighted by atomic mass is 10.1. The van der Waals surface area contributed by atoms with Crippen LogP contribution in [0.15, 0.2) is 0 Å². The van der Waals surface area contributed by atoms with E-state index in [1.807, 2.05) is 6.26 Å². The van der Waals surface area contributed by atoms with Crippen molar-refractivity contribution >= 4 is 41.4 Å². The number of thioether (sulfide) groups is 1. The summed E-state index contributed by atoms with van der Waals surface area (Å²) in [7, 11) is 0. The maximum Gasteiger partial charge on any atom is 0.325 e. The Hall–Kier alpha value is -2.38. The summed E-state index contributed by atoms with van der Waals surface area (Å²) >= 11 is 1.53. The molecule has 12 nitrogen and oxygen atoms in total. The molecule has 0 spiro atoms. The summed E-state index contributed by atoms with van der Waals surface area (Å²) in [6, 6.07) is -4.46. The molecule has 4 unspecified atom stereocenters. The Labute approximate surface area is 185 Å². The van der Waals surface area contributed by atoms with E-state index in [4.69, 9.17) is 22.3 Å². The van der Waals surface area contributed by atoms with Crippen molar-refractivity contribution in [3.63, 3.8) is 0 Å². The monoisotopic (exact) mass is 462 g/mol. The number of hydrogen-bond acceptors (Lipinski definition) is 8. The van der Waals surface area contributed by atoms with E-state index in [-0.39, 0.29) is 6.42 Å². The van der Waals surface area contributed by atoms with Gasteiger partial charge in [-0.05, 0) is 51.2 Å². The molecule has 13 heteroatoms. The minimum Gasteiger partial charge on any atom is -0.480 e. The molecule has 0 heterocycles. The van der Waals surface area contributed by atoms with Crippen LogP contribution in [0.5, 0.6) is 0 Å². The smallest absolute Gasteiger partial charge is 0.325 e. The van der Waals surface area contributed by atoms with Crippen molar-refractivity contribution in [2.24, 2.45) is 17.2 Å². The molecule has 4 atom stereocenters. The standard InChI is InChI=1S/C18H34N6O6S/c1-10(18(29)30)22-17(28)13(9-14(21)25)24-16(27)12(5-3-4-7-19)23-15(26)11(20)6-8-31-2/h10-13H,3-9,19-20H2,1-2H3,(H2,21,25)(H,22,28)(H,23,26)(H,24,27)(H,29,30). The second kappa shape index (κ2) is 15.4. The molecule has 0 fully saturated rings. The summed E-state index contributed by atoms with van der Waals surface area (Å²) in [6.07, 6.45) is 3.13. The van der Waals surface area contributed by atoms with Crippen molar-refractivity contribution in [2.45, 2.75) is 63.2 Å². The number of carbonyl (C=O) groups excluding carboxylic acids is 4. The van der Waals surface area contributed by atoms with Gasteiger partial charge in [0.05, 0.1) is 12.5 Å². The molecule has 0 rings (SSSR count). The van der Waals surface area contributed by atoms with Gasteiger partial charge in [-0.3, -0.25) is 24.0 Å². The molecule has 178 valence electrons. The molecule has 31 heavy (non-hydrogen) atoms. The number of unbranched alkanes of at least 4 members (excludes halogenated alkanes) is 1. The van der Waals surface area contributed by atoms with E-state index < -0.39 is 60.2 Å². The lowest BCUT2D eigenvalue weighted by molar-refractivity contribution is -0.142. The highest BCUT2D eigenvalue weighted by Gasteiger charge is 2.30. The summed E-state index contributed by atoms with van der Waals surface area (Å²) in [4.78, 5) is 59.7. The Balaban J connectivity index is 5.31. The van der Waals surface area contributed by atoms with Crippen LogP contribution in [-0.2, 0) is 24.0 Å². The maximum atomic E-state index is 12.8. The van der Waals surface area contributed by atoms with Gasteiger partial charge in [-0.15, -0.1) is 0 Å². The maximum absolute atomic E-state index is 12.8. The van der Waals surface area contributed by atoms with Crippen LogP contribution in [0.1, 0.15) is 39.0 Å². The number of hydrogen-bond donors (Lipinski definition) is 7. The van der Waals surface area contributed by atoms with Crippen LogP contribution in [0.2, 0.25) is 0 Å². The van der Waals surface area contributed by atoms with E-state index in [9.17, 15) is 24.0 Å². The average molecular weight is 463 g/mol. The molecule has 0 aliphatic carbocycles. The van der Waals surface area contributed by atoms with Gasteiger partial charge in [-0.2, -0.15) is 11.8 Å². The Bertz CT molecular complexity index is 635. The van der Waals surface area contributed by atoms with Gasteiger partial charge in [0.2, 0.25) is 23.6 Å². The third kappa shape index (κ3) is 12.2. The van der Waals surface area contributed by atoms with Crippen molar-refractivity contribution in [1.29, 1.82) is 0 Å². The fraction of sp³-hybridized carbons (Fsp3) is 0.722. The van der Waals surface area contributed by atoms with Crippen molar-refractivity contribution in [2.75, 3.05) is 18.6 Å². The quantitative estimate of drug-likeness (QED) is 0.122. The number of aliphatic carboxylic acids is 1. The fourth-order valence-corrected chi connectivity index (χ4v) is 2.96. The van der Waals surface area contributed by atoms with Gasteiger partial charge in [-0.25, -0.2) is 0 Å². The number of carbonyl (C=O) groups is 5. The summed E-state index contributed by atoms with van der Waals surface area (Å²) in [6.45, 7) is 1.63. The van der Waals surface area contributed by atoms with Crippen molar-refractivity contribution in [3.05, 3.63) is 0 Å². The number of carboxylic acid groups (broad SMARTS) is 1. The molecule has 0 aromatic rings. The van der Waals surface area contributed by atoms with Gasteiger partial charge in [0.25, 0.3) is 0 Å². The SMILES string of the molecule is CSCCC(N)C(=O)NC(CCCCN)C(=O)NC(CC(N)=O)C(=O)NC(C)C(=O)O. The second-order valence-electron chi connectivity index (χ2n) is 7.03. The van der Waals surface area contributed by atoms with E-state index >= 15 is 0 Å². The Morgan fingerprint density at radius 3 is 2.03 bits per heavy atom. The number of primary amides is 1. The summed E-state index contributed by atoms with van der Waals surface area (Å²) in [5, 5.41) is 16.1. The van der Waals surface area contributed by atoms with E-state index in [0.717, 1.165) is 0 Å². The van der Waals surface area contributed by atoms with Crippen LogP contribution in [0.4, 0.5) is 0 Å². The zero-order valence-electron chi connectivity index (χ0n) is 17.9. The zero-order chi connectivity index (χ0) is 24.0. The van der Waals surface area contributed by atoms with Crippen molar-refractivity contribution < 1.29 is 29.1 Å². The molecule has 0 saturated heterocycles. The van der Waals surface area contributed by atoms with Crippen molar-refractivity contribution in [1.82, 2.24) is 16.0 Å². The third-order valence-corrected chi connectivity index (χ3v) is 4.96. The summed E-state index contributed by atoms with van der Waals surface area (Å²) < 4.78 is 0. The predicted molar refractivity (Wildman–Crippen MR) is 117 cm³/mol. The fourth-order valence-electron chi connectivity index (χ4n) is 2.47. The predicted octanol–water partition coefficient (Wildman–Crippen LogP) is -2.37. The van der Waals surface area contributed by atoms with Crippen LogP contribution in [0, 0.1) is 0 Å². The van der Waals surface area contributed by atoms with Gasteiger partial charge < -0.3 is 38.3 Å². The molecule has 4 amide bonds. The highest BCUT2D eigenvalue weighted by atomic mass is 32.2. The van der Waals surface area contributed by atoms with E-state index in [2.05, 4.69) is 16.0 Å². The van der Waals surface area contributed by atoms with Gasteiger partial charge in [0, 0.05) is 0 Å². The molecule has 10 N–H and O–H groups in total. The normalized spacial score (nSPS) is 14.6. The third-order valence-electron chi connectivity index (χ3n) is 4.32. The first kappa shape index (κ1) is 28.6. The zero-order valence-corrected chi connectivity index (χ0v) is 18.7. The summed E-state index contributed by atoms with van der Waals surface area (Å²) in [5.41, 5.74) is 16.5. The molecular formula is C18H34N6O6S. The van der Waals surface area contributed by atoms with E-state index in [1.165, 1.54) is 18.7 Å². The summed E-state index contributed by atoms with van der Waals surface area (Å²) in [5.74, 6) is -3.61. The van der Waals surface area contributed by atoms with Crippen LogP contribution < -0.4 is 33.2 Å². The Morgan fingerprint density at radius 1 is 0.935 bits per heavy atom. The van der Waals surface area contributed by atoms with Gasteiger partial charge in [0.15, 0.2) is 0 Å². The highest BCUT2D eigenvalue weighted by molar-refractivity contribution is 7.98. The topological polar surface area (TPSA) is 220 Å². The first-order chi connectivity index (χ1) is 14.5. The average Bonchev–Trinajstić information content (AvgIpc) is 2.69. The first-order valence-electron chi connectivity index (χ1n) is 9.90. The first-order valence-corrected chi connectivity index (χ1v) is 11.3. The molecule has 0 bridgehead atoms. The number of rotatable bonds is 16. The van der Waals surface area contributed by atoms with Gasteiger partial charge >= 0.3 is 5.97 Å². The van der Waals surface area contributed by atoms with Crippen LogP contribution in [-0.4, -0.2) is 77.4 Å². The van der Waals surface area contributed by atoms with Gasteiger partial charge in [0.1, 0.15) is 18.1 Å². The van der Waals surface area contributed by atoms with E-state index in [1.54, 1.807) is 0 Å². The second-order valence-corrected chi connectivity index (χ2v) is 8.02.